The Kier molecular flexibility index (Phi) is 6.69. The maximum Gasteiger partial charge on any atom is 0.257 e. The van der Waals surface area contributed by atoms with Gasteiger partial charge in [0, 0.05) is 37.8 Å². The Labute approximate surface area is 131 Å². The number of thiazole rings is 1. The van der Waals surface area contributed by atoms with E-state index >= 15 is 0 Å². The summed E-state index contributed by atoms with van der Waals surface area (Å²) in [5.41, 5.74) is 5.67. The van der Waals surface area contributed by atoms with Crippen molar-refractivity contribution in [3.63, 3.8) is 0 Å². The van der Waals surface area contributed by atoms with Crippen LogP contribution in [-0.2, 0) is 0 Å². The van der Waals surface area contributed by atoms with Gasteiger partial charge in [-0.2, -0.15) is 0 Å². The van der Waals surface area contributed by atoms with Gasteiger partial charge in [0.25, 0.3) is 6.43 Å². The van der Waals surface area contributed by atoms with Gasteiger partial charge in [0.2, 0.25) is 0 Å². The van der Waals surface area contributed by atoms with Gasteiger partial charge in [0.15, 0.2) is 11.1 Å². The van der Waals surface area contributed by atoms with Gasteiger partial charge in [0.1, 0.15) is 6.54 Å². The summed E-state index contributed by atoms with van der Waals surface area (Å²) in [6.45, 7) is 2.38. The van der Waals surface area contributed by atoms with Gasteiger partial charge >= 0.3 is 0 Å². The summed E-state index contributed by atoms with van der Waals surface area (Å²) in [5, 5.41) is 2.91. The highest BCUT2D eigenvalue weighted by Crippen LogP contribution is 2.18. The number of hydrogen-bond acceptors (Lipinski definition) is 4. The molecule has 0 radical (unpaired) electrons. The van der Waals surface area contributed by atoms with Gasteiger partial charge in [-0.05, 0) is 0 Å². The van der Waals surface area contributed by atoms with Crippen LogP contribution in [0.5, 0.6) is 0 Å². The molecule has 108 valence electrons. The van der Waals surface area contributed by atoms with Crippen LogP contribution in [0.4, 0.5) is 13.9 Å². The topological polar surface area (TPSA) is 57.8 Å². The molecule has 1 fully saturated rings. The van der Waals surface area contributed by atoms with Crippen LogP contribution in [0.1, 0.15) is 0 Å². The third-order valence-electron chi connectivity index (χ3n) is 2.68. The number of aromatic nitrogens is 1. The first-order valence-corrected chi connectivity index (χ1v) is 6.52. The third kappa shape index (κ3) is 4.71. The van der Waals surface area contributed by atoms with E-state index in [4.69, 9.17) is 5.73 Å². The number of piperazine rings is 1. The van der Waals surface area contributed by atoms with E-state index in [9.17, 15) is 8.78 Å². The van der Waals surface area contributed by atoms with Gasteiger partial charge in [-0.15, -0.1) is 35.3 Å². The van der Waals surface area contributed by atoms with E-state index in [2.05, 4.69) is 14.9 Å². The minimum atomic E-state index is -2.44. The van der Waals surface area contributed by atoms with E-state index in [1.165, 1.54) is 0 Å². The molecular weight excluding hydrogens is 387 g/mol. The number of aliphatic imine (C=N–C) groups is 1. The summed E-state index contributed by atoms with van der Waals surface area (Å²) < 4.78 is 24.0. The first-order valence-electron chi connectivity index (χ1n) is 5.64. The van der Waals surface area contributed by atoms with Crippen molar-refractivity contribution in [3.8, 4) is 0 Å². The lowest BCUT2D eigenvalue weighted by Gasteiger charge is -2.35. The Bertz CT molecular complexity index is 393. The number of anilines is 1. The highest BCUT2D eigenvalue weighted by atomic mass is 127. The van der Waals surface area contributed by atoms with Crippen molar-refractivity contribution in [1.82, 2.24) is 9.88 Å². The lowest BCUT2D eigenvalue weighted by Crippen LogP contribution is -2.51. The van der Waals surface area contributed by atoms with E-state index in [1.807, 2.05) is 10.3 Å². The molecule has 1 aromatic heterocycles. The first kappa shape index (κ1) is 16.3. The molecule has 0 aromatic carbocycles. The molecule has 1 aliphatic heterocycles. The van der Waals surface area contributed by atoms with Gasteiger partial charge in [0.05, 0.1) is 0 Å². The van der Waals surface area contributed by atoms with Gasteiger partial charge < -0.3 is 15.5 Å². The fourth-order valence-electron chi connectivity index (χ4n) is 1.76. The van der Waals surface area contributed by atoms with Crippen LogP contribution in [0.2, 0.25) is 0 Å². The summed E-state index contributed by atoms with van der Waals surface area (Å²) in [4.78, 5) is 11.9. The minimum Gasteiger partial charge on any atom is -0.370 e. The molecule has 2 heterocycles. The molecule has 2 rings (SSSR count). The standard InChI is InChI=1S/C10H15F2N5S.HI/c11-8(12)7-15-9(13)16-2-4-17(5-3-16)10-14-1-6-18-10;/h1,6,8H,2-5,7H2,(H2,13,15);1H. The van der Waals surface area contributed by atoms with Gasteiger partial charge in [-0.1, -0.05) is 0 Å². The second kappa shape index (κ2) is 7.78. The molecule has 0 aliphatic carbocycles. The predicted octanol–water partition coefficient (Wildman–Crippen LogP) is 1.46. The maximum atomic E-state index is 12.0. The molecule has 9 heteroatoms. The Morgan fingerprint density at radius 1 is 1.42 bits per heavy atom. The van der Waals surface area contributed by atoms with Crippen molar-refractivity contribution in [3.05, 3.63) is 11.6 Å². The zero-order valence-corrected chi connectivity index (χ0v) is 13.4. The van der Waals surface area contributed by atoms with Crippen molar-refractivity contribution in [2.75, 3.05) is 37.6 Å². The summed E-state index contributed by atoms with van der Waals surface area (Å²) in [6, 6.07) is 0. The number of alkyl halides is 2. The van der Waals surface area contributed by atoms with Crippen molar-refractivity contribution in [1.29, 1.82) is 0 Å². The lowest BCUT2D eigenvalue weighted by molar-refractivity contribution is 0.158. The Morgan fingerprint density at radius 3 is 2.63 bits per heavy atom. The molecule has 0 spiro atoms. The van der Waals surface area contributed by atoms with Crippen molar-refractivity contribution < 1.29 is 8.78 Å². The van der Waals surface area contributed by atoms with Crippen LogP contribution in [0.3, 0.4) is 0 Å². The minimum absolute atomic E-state index is 0. The van der Waals surface area contributed by atoms with Crippen LogP contribution in [0, 0.1) is 0 Å². The fraction of sp³-hybridized carbons (Fsp3) is 0.600. The summed E-state index contributed by atoms with van der Waals surface area (Å²) in [7, 11) is 0. The maximum absolute atomic E-state index is 12.0. The number of guanidine groups is 1. The van der Waals surface area contributed by atoms with Crippen molar-refractivity contribution >= 4 is 46.4 Å². The molecule has 0 bridgehead atoms. The number of hydrogen-bond donors (Lipinski definition) is 1. The molecule has 1 aliphatic rings. The normalized spacial score (nSPS) is 16.7. The Hall–Kier alpha value is -0.710. The monoisotopic (exact) mass is 403 g/mol. The lowest BCUT2D eigenvalue weighted by atomic mass is 10.3. The van der Waals surface area contributed by atoms with Crippen LogP contribution in [-0.4, -0.2) is 55.0 Å². The number of nitrogens with two attached hydrogens (primary N) is 1. The average Bonchev–Trinajstić information content (AvgIpc) is 2.90. The van der Waals surface area contributed by atoms with E-state index in [0.717, 1.165) is 18.2 Å². The van der Waals surface area contributed by atoms with Crippen LogP contribution >= 0.6 is 35.3 Å². The largest absolute Gasteiger partial charge is 0.370 e. The van der Waals surface area contributed by atoms with Crippen molar-refractivity contribution in [2.24, 2.45) is 10.7 Å². The fourth-order valence-corrected chi connectivity index (χ4v) is 2.46. The molecule has 2 N–H and O–H groups in total. The van der Waals surface area contributed by atoms with E-state index in [-0.39, 0.29) is 29.9 Å². The zero-order chi connectivity index (χ0) is 13.0. The number of rotatable bonds is 3. The zero-order valence-electron chi connectivity index (χ0n) is 10.2. The van der Waals surface area contributed by atoms with Crippen LogP contribution < -0.4 is 10.6 Å². The molecule has 19 heavy (non-hydrogen) atoms. The molecule has 5 nitrogen and oxygen atoms in total. The molecule has 1 aromatic rings. The number of nitrogens with zero attached hydrogens (tertiary/aromatic N) is 4. The smallest absolute Gasteiger partial charge is 0.257 e. The van der Waals surface area contributed by atoms with E-state index in [1.54, 1.807) is 17.5 Å². The van der Waals surface area contributed by atoms with Gasteiger partial charge in [-0.3, -0.25) is 0 Å². The quantitative estimate of drug-likeness (QED) is 0.472. The second-order valence-corrected chi connectivity index (χ2v) is 4.75. The molecule has 0 saturated carbocycles. The highest BCUT2D eigenvalue weighted by molar-refractivity contribution is 14.0. The van der Waals surface area contributed by atoms with Gasteiger partial charge in [-0.25, -0.2) is 18.8 Å². The molecule has 0 amide bonds. The highest BCUT2D eigenvalue weighted by Gasteiger charge is 2.19. The third-order valence-corrected chi connectivity index (χ3v) is 3.52. The second-order valence-electron chi connectivity index (χ2n) is 3.88. The summed E-state index contributed by atoms with van der Waals surface area (Å²) >= 11 is 1.59. The van der Waals surface area contributed by atoms with Crippen LogP contribution in [0.15, 0.2) is 16.6 Å². The summed E-state index contributed by atoms with van der Waals surface area (Å²) in [5.74, 6) is 0.203. The molecule has 0 atom stereocenters. The predicted molar refractivity (Wildman–Crippen MR) is 83.8 cm³/mol. The number of halogens is 3. The molecule has 0 unspecified atom stereocenters. The molecular formula is C10H16F2IN5S. The van der Waals surface area contributed by atoms with Crippen molar-refractivity contribution in [2.45, 2.75) is 6.43 Å². The Balaban J connectivity index is 0.00000180. The van der Waals surface area contributed by atoms with Crippen LogP contribution in [0.25, 0.3) is 0 Å². The van der Waals surface area contributed by atoms with E-state index < -0.39 is 13.0 Å². The first-order chi connectivity index (χ1) is 8.66. The Morgan fingerprint density at radius 2 is 2.11 bits per heavy atom. The van der Waals surface area contributed by atoms with E-state index in [0.29, 0.717) is 13.1 Å². The molecule has 1 saturated heterocycles. The summed E-state index contributed by atoms with van der Waals surface area (Å²) in [6.07, 6.45) is -0.676. The SMILES string of the molecule is I.NC(=NCC(F)F)N1CCN(c2nccs2)CC1. The average molecular weight is 403 g/mol.